The van der Waals surface area contributed by atoms with Crippen LogP contribution in [0.3, 0.4) is 0 Å². The van der Waals surface area contributed by atoms with Crippen molar-refractivity contribution in [3.8, 4) is 11.3 Å². The number of halogens is 3. The summed E-state index contributed by atoms with van der Waals surface area (Å²) in [6.07, 6.45) is -0.127. The Kier molecular flexibility index (Phi) is 6.81. The molecule has 1 fully saturated rings. The van der Waals surface area contributed by atoms with Gasteiger partial charge in [-0.1, -0.05) is 13.0 Å². The van der Waals surface area contributed by atoms with Gasteiger partial charge in [-0.15, -0.1) is 0 Å². The summed E-state index contributed by atoms with van der Waals surface area (Å²) in [5.41, 5.74) is 1.63. The lowest BCUT2D eigenvalue weighted by Gasteiger charge is -2.40. The Hall–Kier alpha value is -3.49. The highest BCUT2D eigenvalue weighted by molar-refractivity contribution is 5.99. The highest BCUT2D eigenvalue weighted by atomic mass is 19.4. The fraction of sp³-hybridized carbons (Fsp3) is 0.360. The molecule has 3 aromatic heterocycles. The molecule has 0 saturated carbocycles. The van der Waals surface area contributed by atoms with Crippen LogP contribution in [0.5, 0.6) is 0 Å². The van der Waals surface area contributed by atoms with Gasteiger partial charge in [0.1, 0.15) is 11.5 Å². The molecule has 0 aliphatic carbocycles. The second-order valence-corrected chi connectivity index (χ2v) is 8.56. The number of alkyl halides is 3. The van der Waals surface area contributed by atoms with Gasteiger partial charge in [0.25, 0.3) is 5.91 Å². The van der Waals surface area contributed by atoms with Crippen LogP contribution in [-0.2, 0) is 6.18 Å². The van der Waals surface area contributed by atoms with Gasteiger partial charge in [-0.3, -0.25) is 9.78 Å². The molecule has 1 unspecified atom stereocenters. The average molecular weight is 470 g/mol. The lowest BCUT2D eigenvalue weighted by molar-refractivity contribution is -0.137. The van der Waals surface area contributed by atoms with E-state index < -0.39 is 11.7 Å². The van der Waals surface area contributed by atoms with Gasteiger partial charge < -0.3 is 10.2 Å². The summed E-state index contributed by atoms with van der Waals surface area (Å²) in [7, 11) is 0. The molecular weight excluding hydrogens is 443 g/mol. The minimum absolute atomic E-state index is 0.163. The molecule has 34 heavy (non-hydrogen) atoms. The van der Waals surface area contributed by atoms with Crippen LogP contribution >= 0.6 is 0 Å². The van der Waals surface area contributed by atoms with E-state index in [1.54, 1.807) is 6.20 Å². The Bertz CT molecular complexity index is 1140. The lowest BCUT2D eigenvalue weighted by atomic mass is 9.90. The van der Waals surface area contributed by atoms with Crippen LogP contribution in [0, 0.1) is 12.8 Å². The number of piperidine rings is 1. The van der Waals surface area contributed by atoms with E-state index in [0.29, 0.717) is 35.9 Å². The Morgan fingerprint density at radius 2 is 1.97 bits per heavy atom. The summed E-state index contributed by atoms with van der Waals surface area (Å²) in [6.45, 7) is 4.87. The average Bonchev–Trinajstić information content (AvgIpc) is 2.83. The number of aryl methyl sites for hydroxylation is 1. The largest absolute Gasteiger partial charge is 0.417 e. The topological polar surface area (TPSA) is 71.0 Å². The third kappa shape index (κ3) is 5.18. The molecule has 0 spiro atoms. The first-order valence-electron chi connectivity index (χ1n) is 11.2. The predicted octanol–water partition coefficient (Wildman–Crippen LogP) is 5.22. The number of aromatic nitrogens is 3. The third-order valence-electron chi connectivity index (χ3n) is 6.14. The van der Waals surface area contributed by atoms with Gasteiger partial charge in [0, 0.05) is 36.7 Å². The van der Waals surface area contributed by atoms with Gasteiger partial charge in [-0.2, -0.15) is 13.2 Å². The normalized spacial score (nSPS) is 18.6. The number of rotatable bonds is 5. The Balaban J connectivity index is 1.57. The van der Waals surface area contributed by atoms with E-state index >= 15 is 0 Å². The van der Waals surface area contributed by atoms with Crippen molar-refractivity contribution < 1.29 is 18.0 Å². The van der Waals surface area contributed by atoms with Gasteiger partial charge in [0.05, 0.1) is 17.3 Å². The van der Waals surface area contributed by atoms with Crippen LogP contribution in [0.25, 0.3) is 11.3 Å². The molecule has 178 valence electrons. The van der Waals surface area contributed by atoms with Crippen molar-refractivity contribution in [2.75, 3.05) is 18.4 Å². The maximum atomic E-state index is 13.7. The fourth-order valence-electron chi connectivity index (χ4n) is 4.27. The second-order valence-electron chi connectivity index (χ2n) is 8.56. The summed E-state index contributed by atoms with van der Waals surface area (Å²) in [5, 5.41) is 3.11. The van der Waals surface area contributed by atoms with Gasteiger partial charge in [-0.25, -0.2) is 9.97 Å². The zero-order valence-corrected chi connectivity index (χ0v) is 19.0. The molecule has 4 heterocycles. The van der Waals surface area contributed by atoms with Gasteiger partial charge in [0.15, 0.2) is 0 Å². The van der Waals surface area contributed by atoms with E-state index in [1.807, 2.05) is 42.2 Å². The number of hydrogen-bond acceptors (Lipinski definition) is 5. The molecule has 1 saturated heterocycles. The van der Waals surface area contributed by atoms with E-state index in [9.17, 15) is 18.0 Å². The molecule has 1 amide bonds. The fourth-order valence-corrected chi connectivity index (χ4v) is 4.27. The molecule has 3 aromatic rings. The number of nitrogens with one attached hydrogen (secondary N) is 1. The Morgan fingerprint density at radius 1 is 1.15 bits per heavy atom. The standard InChI is InChI=1S/C25H26F3N5O/c1-16-6-5-13-33(21(16)15-31-22-11-9-18(14-30-22)25(26,27)28)24(34)23-19(10-8-17(2)32-23)20-7-3-4-12-29-20/h3-4,7-12,14,16,21H,5-6,13,15H2,1-2H3,(H,30,31)/t16-,21?/m1/s1. The smallest absolute Gasteiger partial charge is 0.368 e. The van der Waals surface area contributed by atoms with Crippen LogP contribution < -0.4 is 5.32 Å². The second kappa shape index (κ2) is 9.79. The van der Waals surface area contributed by atoms with E-state index in [1.165, 1.54) is 6.07 Å². The highest BCUT2D eigenvalue weighted by Gasteiger charge is 2.34. The predicted molar refractivity (Wildman–Crippen MR) is 123 cm³/mol. The first kappa shape index (κ1) is 23.7. The van der Waals surface area contributed by atoms with Crippen LogP contribution in [0.15, 0.2) is 54.9 Å². The van der Waals surface area contributed by atoms with E-state index in [2.05, 4.69) is 27.2 Å². The van der Waals surface area contributed by atoms with E-state index in [4.69, 9.17) is 0 Å². The number of amides is 1. The number of pyridine rings is 3. The third-order valence-corrected chi connectivity index (χ3v) is 6.14. The summed E-state index contributed by atoms with van der Waals surface area (Å²) < 4.78 is 38.5. The first-order chi connectivity index (χ1) is 16.2. The molecule has 2 atom stereocenters. The maximum Gasteiger partial charge on any atom is 0.417 e. The van der Waals surface area contributed by atoms with Gasteiger partial charge in [0.2, 0.25) is 0 Å². The van der Waals surface area contributed by atoms with E-state index in [0.717, 1.165) is 30.8 Å². The van der Waals surface area contributed by atoms with Crippen LogP contribution in [0.1, 0.15) is 41.5 Å². The molecule has 0 radical (unpaired) electrons. The van der Waals surface area contributed by atoms with Crippen molar-refractivity contribution >= 4 is 11.7 Å². The molecule has 9 heteroatoms. The number of nitrogens with zero attached hydrogens (tertiary/aromatic N) is 4. The van der Waals surface area contributed by atoms with Crippen LogP contribution in [0.2, 0.25) is 0 Å². The van der Waals surface area contributed by atoms with Crippen LogP contribution in [0.4, 0.5) is 19.0 Å². The van der Waals surface area contributed by atoms with E-state index in [-0.39, 0.29) is 17.9 Å². The molecule has 4 rings (SSSR count). The number of carbonyl (C=O) groups excluding carboxylic acids is 1. The van der Waals surface area contributed by atoms with Crippen LogP contribution in [-0.4, -0.2) is 44.9 Å². The summed E-state index contributed by atoms with van der Waals surface area (Å²) in [5.74, 6) is 0.354. The number of likely N-dealkylation sites (tertiary alicyclic amines) is 1. The quantitative estimate of drug-likeness (QED) is 0.555. The van der Waals surface area contributed by atoms with Gasteiger partial charge in [-0.05, 0) is 62.1 Å². The minimum Gasteiger partial charge on any atom is -0.368 e. The Morgan fingerprint density at radius 3 is 2.65 bits per heavy atom. The molecule has 1 N–H and O–H groups in total. The van der Waals surface area contributed by atoms with Crippen molar-refractivity contribution in [1.82, 2.24) is 19.9 Å². The lowest BCUT2D eigenvalue weighted by Crippen LogP contribution is -2.51. The number of anilines is 1. The highest BCUT2D eigenvalue weighted by Crippen LogP contribution is 2.30. The summed E-state index contributed by atoms with van der Waals surface area (Å²) in [6, 6.07) is 11.4. The number of hydrogen-bond donors (Lipinski definition) is 1. The van der Waals surface area contributed by atoms with Gasteiger partial charge >= 0.3 is 6.18 Å². The number of carbonyl (C=O) groups is 1. The minimum atomic E-state index is -4.43. The zero-order chi connectivity index (χ0) is 24.3. The van der Waals surface area contributed by atoms with Crippen molar-refractivity contribution in [3.05, 3.63) is 71.8 Å². The summed E-state index contributed by atoms with van der Waals surface area (Å²) in [4.78, 5) is 28.4. The SMILES string of the molecule is Cc1ccc(-c2ccccn2)c(C(=O)N2CCC[C@@H](C)C2CNc2ccc(C(F)(F)F)cn2)n1. The van der Waals surface area contributed by atoms with Crippen molar-refractivity contribution in [2.24, 2.45) is 5.92 Å². The molecule has 1 aliphatic heterocycles. The monoisotopic (exact) mass is 469 g/mol. The zero-order valence-electron chi connectivity index (χ0n) is 19.0. The summed E-state index contributed by atoms with van der Waals surface area (Å²) >= 11 is 0. The first-order valence-corrected chi connectivity index (χ1v) is 11.2. The Labute approximate surface area is 196 Å². The van der Waals surface area contributed by atoms with Crippen molar-refractivity contribution in [3.63, 3.8) is 0 Å². The molecule has 6 nitrogen and oxygen atoms in total. The molecule has 0 aromatic carbocycles. The molecule has 0 bridgehead atoms. The maximum absolute atomic E-state index is 13.7. The van der Waals surface area contributed by atoms with Crippen molar-refractivity contribution in [1.29, 1.82) is 0 Å². The molecular formula is C25H26F3N5O. The molecule has 1 aliphatic rings. The van der Waals surface area contributed by atoms with Crippen molar-refractivity contribution in [2.45, 2.75) is 38.9 Å².